The van der Waals surface area contributed by atoms with Crippen LogP contribution in [0, 0.1) is 29.4 Å². The monoisotopic (exact) mass is 452 g/mol. The Balaban J connectivity index is 1.25. The molecule has 1 nitrogen and oxygen atoms in total. The van der Waals surface area contributed by atoms with Crippen molar-refractivity contribution in [2.45, 2.75) is 77.0 Å². The third-order valence-electron chi connectivity index (χ3n) is 8.02. The zero-order chi connectivity index (χ0) is 23.2. The molecule has 0 spiro atoms. The lowest BCUT2D eigenvalue weighted by Crippen LogP contribution is -2.13. The van der Waals surface area contributed by atoms with Gasteiger partial charge in [0.05, 0.1) is 7.11 Å². The molecule has 0 unspecified atom stereocenters. The van der Waals surface area contributed by atoms with Crippen LogP contribution in [0.4, 0.5) is 8.78 Å². The maximum atomic E-state index is 14.4. The molecule has 2 aliphatic rings. The second-order valence-electron chi connectivity index (χ2n) is 10.3. The van der Waals surface area contributed by atoms with Crippen LogP contribution in [0.25, 0.3) is 11.1 Å². The number of ether oxygens (including phenoxy) is 1. The predicted molar refractivity (Wildman–Crippen MR) is 133 cm³/mol. The van der Waals surface area contributed by atoms with E-state index in [2.05, 4.69) is 31.2 Å². The van der Waals surface area contributed by atoms with Gasteiger partial charge < -0.3 is 4.74 Å². The molecule has 0 aliphatic heterocycles. The molecule has 2 fully saturated rings. The summed E-state index contributed by atoms with van der Waals surface area (Å²) in [5.74, 6) is 1.31. The highest BCUT2D eigenvalue weighted by Crippen LogP contribution is 2.39. The first-order valence-electron chi connectivity index (χ1n) is 12.8. The zero-order valence-corrected chi connectivity index (χ0v) is 20.2. The smallest absolute Gasteiger partial charge is 0.201 e. The summed E-state index contributed by atoms with van der Waals surface area (Å²) in [6.45, 7) is 2.38. The number of halogens is 2. The van der Waals surface area contributed by atoms with E-state index in [1.807, 2.05) is 12.1 Å². The molecule has 0 saturated heterocycles. The van der Waals surface area contributed by atoms with Crippen molar-refractivity contribution in [3.05, 3.63) is 65.7 Å². The van der Waals surface area contributed by atoms with Crippen molar-refractivity contribution in [2.75, 3.05) is 7.11 Å². The Hall–Kier alpha value is -2.16. The number of hydrogen-bond acceptors (Lipinski definition) is 1. The summed E-state index contributed by atoms with van der Waals surface area (Å²) < 4.78 is 33.4. The first kappa shape index (κ1) is 24.0. The van der Waals surface area contributed by atoms with Crippen molar-refractivity contribution in [1.82, 2.24) is 0 Å². The minimum Gasteiger partial charge on any atom is -0.494 e. The van der Waals surface area contributed by atoms with E-state index in [-0.39, 0.29) is 11.3 Å². The molecule has 2 aromatic carbocycles. The average Bonchev–Trinajstić information content (AvgIpc) is 2.85. The molecule has 0 radical (unpaired) electrons. The van der Waals surface area contributed by atoms with Crippen molar-refractivity contribution in [3.63, 3.8) is 0 Å². The van der Waals surface area contributed by atoms with Crippen LogP contribution in [0.1, 0.15) is 82.6 Å². The van der Waals surface area contributed by atoms with Gasteiger partial charge in [-0.25, -0.2) is 4.39 Å². The molecule has 3 heteroatoms. The third kappa shape index (κ3) is 6.05. The van der Waals surface area contributed by atoms with Gasteiger partial charge in [0, 0.05) is 5.56 Å². The second-order valence-corrected chi connectivity index (χ2v) is 10.3. The summed E-state index contributed by atoms with van der Waals surface area (Å²) >= 11 is 0. The Labute approximate surface area is 198 Å². The number of hydrogen-bond donors (Lipinski definition) is 0. The van der Waals surface area contributed by atoms with Crippen LogP contribution >= 0.6 is 0 Å². The van der Waals surface area contributed by atoms with Crippen LogP contribution in [-0.2, 0) is 0 Å². The quantitative estimate of drug-likeness (QED) is 0.381. The van der Waals surface area contributed by atoms with Crippen LogP contribution in [0.5, 0.6) is 5.75 Å². The third-order valence-corrected chi connectivity index (χ3v) is 8.02. The molecule has 0 atom stereocenters. The van der Waals surface area contributed by atoms with Gasteiger partial charge in [-0.1, -0.05) is 56.2 Å². The van der Waals surface area contributed by atoms with Gasteiger partial charge in [-0.05, 0) is 98.3 Å². The number of benzene rings is 2. The standard InChI is InChI=1S/C30H38F2O/c1-21-7-9-22(10-8-21)5-3-4-6-23-11-13-24(14-12-23)25-15-17-26(18-16-25)27-19-20-28(33-2)30(32)29(27)31/h3,5,15-24H,4,6-14H2,1-2H3/b5-3+. The molecule has 33 heavy (non-hydrogen) atoms. The molecule has 0 amide bonds. The summed E-state index contributed by atoms with van der Waals surface area (Å²) in [4.78, 5) is 0. The van der Waals surface area contributed by atoms with E-state index in [4.69, 9.17) is 4.74 Å². The van der Waals surface area contributed by atoms with Gasteiger partial charge in [0.2, 0.25) is 5.82 Å². The lowest BCUT2D eigenvalue weighted by molar-refractivity contribution is 0.310. The SMILES string of the molecule is COc1ccc(-c2ccc(C3CCC(CC/C=C/C4CCC(C)CC4)CC3)cc2)c(F)c1F. The number of rotatable bonds is 7. The molecule has 0 N–H and O–H groups in total. The topological polar surface area (TPSA) is 9.23 Å². The highest BCUT2D eigenvalue weighted by molar-refractivity contribution is 5.65. The zero-order valence-electron chi connectivity index (χ0n) is 20.2. The normalized spacial score (nSPS) is 25.9. The Morgan fingerprint density at radius 1 is 0.848 bits per heavy atom. The van der Waals surface area contributed by atoms with E-state index >= 15 is 0 Å². The van der Waals surface area contributed by atoms with E-state index < -0.39 is 11.6 Å². The molecule has 0 bridgehead atoms. The molecule has 2 aliphatic carbocycles. The van der Waals surface area contributed by atoms with Crippen LogP contribution in [0.2, 0.25) is 0 Å². The van der Waals surface area contributed by atoms with E-state index in [0.717, 1.165) is 17.8 Å². The fourth-order valence-corrected chi connectivity index (χ4v) is 5.73. The van der Waals surface area contributed by atoms with Crippen molar-refractivity contribution in [2.24, 2.45) is 17.8 Å². The molecular formula is C30H38F2O. The van der Waals surface area contributed by atoms with Gasteiger partial charge in [-0.3, -0.25) is 0 Å². The Bertz CT molecular complexity index is 917. The molecule has 2 aromatic rings. The summed E-state index contributed by atoms with van der Waals surface area (Å²) in [5, 5.41) is 0. The summed E-state index contributed by atoms with van der Waals surface area (Å²) in [6, 6.07) is 11.1. The summed E-state index contributed by atoms with van der Waals surface area (Å²) in [5.41, 5.74) is 2.29. The van der Waals surface area contributed by atoms with Gasteiger partial charge >= 0.3 is 0 Å². The largest absolute Gasteiger partial charge is 0.494 e. The minimum atomic E-state index is -0.930. The molecule has 178 valence electrons. The van der Waals surface area contributed by atoms with Crippen LogP contribution in [0.3, 0.4) is 0 Å². The average molecular weight is 453 g/mol. The Morgan fingerprint density at radius 2 is 1.55 bits per heavy atom. The fraction of sp³-hybridized carbons (Fsp3) is 0.533. The van der Waals surface area contributed by atoms with Gasteiger partial charge in [0.25, 0.3) is 0 Å². The van der Waals surface area contributed by atoms with E-state index in [1.165, 1.54) is 82.9 Å². The lowest BCUT2D eigenvalue weighted by Gasteiger charge is -2.29. The first-order valence-corrected chi connectivity index (χ1v) is 12.8. The summed E-state index contributed by atoms with van der Waals surface area (Å²) in [7, 11) is 1.34. The van der Waals surface area contributed by atoms with Crippen LogP contribution < -0.4 is 4.74 Å². The van der Waals surface area contributed by atoms with Crippen LogP contribution in [0.15, 0.2) is 48.6 Å². The predicted octanol–water partition coefficient (Wildman–Crippen LogP) is 9.08. The highest BCUT2D eigenvalue weighted by atomic mass is 19.2. The van der Waals surface area contributed by atoms with Crippen molar-refractivity contribution in [3.8, 4) is 16.9 Å². The molecule has 4 rings (SSSR count). The maximum absolute atomic E-state index is 14.4. The second kappa shape index (κ2) is 11.3. The van der Waals surface area contributed by atoms with Gasteiger partial charge in [-0.2, -0.15) is 4.39 Å². The van der Waals surface area contributed by atoms with E-state index in [0.29, 0.717) is 11.5 Å². The first-order chi connectivity index (χ1) is 16.0. The highest BCUT2D eigenvalue weighted by Gasteiger charge is 2.22. The van der Waals surface area contributed by atoms with E-state index in [9.17, 15) is 8.78 Å². The Morgan fingerprint density at radius 3 is 2.21 bits per heavy atom. The minimum absolute atomic E-state index is 0.0660. The maximum Gasteiger partial charge on any atom is 0.201 e. The lowest BCUT2D eigenvalue weighted by atomic mass is 9.77. The van der Waals surface area contributed by atoms with Gasteiger partial charge in [0.15, 0.2) is 11.6 Å². The van der Waals surface area contributed by atoms with Crippen molar-refractivity contribution in [1.29, 1.82) is 0 Å². The Kier molecular flexibility index (Phi) is 8.22. The molecule has 0 heterocycles. The fourth-order valence-electron chi connectivity index (χ4n) is 5.73. The molecule has 0 aromatic heterocycles. The van der Waals surface area contributed by atoms with Gasteiger partial charge in [-0.15, -0.1) is 0 Å². The summed E-state index contributed by atoms with van der Waals surface area (Å²) in [6.07, 6.45) is 18.1. The number of methoxy groups -OCH3 is 1. The van der Waals surface area contributed by atoms with Crippen LogP contribution in [-0.4, -0.2) is 7.11 Å². The molecule has 2 saturated carbocycles. The van der Waals surface area contributed by atoms with E-state index in [1.54, 1.807) is 6.07 Å². The van der Waals surface area contributed by atoms with Crippen molar-refractivity contribution >= 4 is 0 Å². The van der Waals surface area contributed by atoms with Crippen molar-refractivity contribution < 1.29 is 13.5 Å². The molecular weight excluding hydrogens is 414 g/mol. The van der Waals surface area contributed by atoms with Gasteiger partial charge in [0.1, 0.15) is 0 Å². The number of allylic oxidation sites excluding steroid dienone is 2.